The van der Waals surface area contributed by atoms with Crippen LogP contribution in [0, 0.1) is 5.92 Å². The van der Waals surface area contributed by atoms with Gasteiger partial charge in [0.1, 0.15) is 5.75 Å². The predicted molar refractivity (Wildman–Crippen MR) is 85.7 cm³/mol. The smallest absolute Gasteiger partial charge is 0.409 e. The second kappa shape index (κ2) is 6.71. The van der Waals surface area contributed by atoms with Gasteiger partial charge in [0.15, 0.2) is 0 Å². The summed E-state index contributed by atoms with van der Waals surface area (Å²) in [5, 5.41) is 10.8. The molecule has 0 saturated carbocycles. The van der Waals surface area contributed by atoms with E-state index < -0.39 is 11.7 Å². The fourth-order valence-electron chi connectivity index (χ4n) is 2.67. The Balaban J connectivity index is 2.33. The van der Waals surface area contributed by atoms with Gasteiger partial charge < -0.3 is 15.6 Å². The van der Waals surface area contributed by atoms with Crippen LogP contribution in [-0.4, -0.2) is 22.7 Å². The van der Waals surface area contributed by atoms with Crippen molar-refractivity contribution < 1.29 is 14.6 Å². The van der Waals surface area contributed by atoms with Crippen molar-refractivity contribution in [3.8, 4) is 5.75 Å². The second-order valence-electron chi connectivity index (χ2n) is 5.99. The normalized spacial score (nSPS) is 17.7. The summed E-state index contributed by atoms with van der Waals surface area (Å²) < 4.78 is 5.07. The molecule has 0 aromatic heterocycles. The van der Waals surface area contributed by atoms with E-state index in [1.165, 1.54) is 0 Å². The number of hydrogen-bond donors (Lipinski definition) is 2. The number of rotatable bonds is 4. The van der Waals surface area contributed by atoms with Crippen LogP contribution in [0.1, 0.15) is 37.8 Å². The third kappa shape index (κ3) is 4.14. The van der Waals surface area contributed by atoms with Crippen molar-refractivity contribution >= 4 is 17.9 Å². The molecule has 1 heterocycles. The molecule has 1 amide bonds. The lowest BCUT2D eigenvalue weighted by Gasteiger charge is -2.32. The quantitative estimate of drug-likeness (QED) is 0.896. The van der Waals surface area contributed by atoms with Crippen molar-refractivity contribution in [3.05, 3.63) is 29.3 Å². The summed E-state index contributed by atoms with van der Waals surface area (Å²) in [5.74, 6) is 2.85. The van der Waals surface area contributed by atoms with Crippen LogP contribution in [0.3, 0.4) is 0 Å². The van der Waals surface area contributed by atoms with Gasteiger partial charge in [0.25, 0.3) is 0 Å². The molecule has 1 aliphatic heterocycles. The molecule has 21 heavy (non-hydrogen) atoms. The third-order valence-corrected chi connectivity index (χ3v) is 4.74. The van der Waals surface area contributed by atoms with Crippen molar-refractivity contribution in [2.24, 2.45) is 11.7 Å². The SMILES string of the molecule is CC(C)Cc1cc(C2(O)CCSCC2)ccc1OC(N)=O. The summed E-state index contributed by atoms with van der Waals surface area (Å²) in [6.45, 7) is 4.21. The van der Waals surface area contributed by atoms with E-state index in [2.05, 4.69) is 13.8 Å². The van der Waals surface area contributed by atoms with Gasteiger partial charge >= 0.3 is 6.09 Å². The Hall–Kier alpha value is -1.20. The molecule has 116 valence electrons. The van der Waals surface area contributed by atoms with E-state index in [4.69, 9.17) is 10.5 Å². The van der Waals surface area contributed by atoms with E-state index in [0.717, 1.165) is 41.9 Å². The van der Waals surface area contributed by atoms with Crippen LogP contribution in [0.15, 0.2) is 18.2 Å². The maximum Gasteiger partial charge on any atom is 0.409 e. The fourth-order valence-corrected chi connectivity index (χ4v) is 3.84. The Kier molecular flexibility index (Phi) is 5.17. The van der Waals surface area contributed by atoms with Crippen molar-refractivity contribution in [2.75, 3.05) is 11.5 Å². The Morgan fingerprint density at radius 1 is 1.43 bits per heavy atom. The zero-order valence-corrected chi connectivity index (χ0v) is 13.4. The van der Waals surface area contributed by atoms with Gasteiger partial charge in [-0.05, 0) is 59.9 Å². The van der Waals surface area contributed by atoms with E-state index in [0.29, 0.717) is 11.7 Å². The first-order valence-corrected chi connectivity index (χ1v) is 8.47. The number of amides is 1. The van der Waals surface area contributed by atoms with Gasteiger partial charge in [-0.25, -0.2) is 4.79 Å². The largest absolute Gasteiger partial charge is 0.410 e. The lowest BCUT2D eigenvalue weighted by Crippen LogP contribution is -2.30. The van der Waals surface area contributed by atoms with Crippen LogP contribution >= 0.6 is 11.8 Å². The predicted octanol–water partition coefficient (Wildman–Crippen LogP) is 3.06. The number of nitrogens with two attached hydrogens (primary N) is 1. The van der Waals surface area contributed by atoms with Gasteiger partial charge in [-0.2, -0.15) is 11.8 Å². The van der Waals surface area contributed by atoms with Crippen molar-refractivity contribution in [1.29, 1.82) is 0 Å². The standard InChI is InChI=1S/C16H23NO3S/c1-11(2)9-12-10-13(3-4-14(12)20-15(17)18)16(19)5-7-21-8-6-16/h3-4,10-11,19H,5-9H2,1-2H3,(H2,17,18). The zero-order valence-electron chi connectivity index (χ0n) is 12.6. The molecule has 1 aromatic carbocycles. The maximum atomic E-state index is 11.0. The molecule has 0 atom stereocenters. The summed E-state index contributed by atoms with van der Waals surface area (Å²) in [4.78, 5) is 11.0. The highest BCUT2D eigenvalue weighted by molar-refractivity contribution is 7.99. The number of primary amides is 1. The Bertz CT molecular complexity index is 510. The van der Waals surface area contributed by atoms with Gasteiger partial charge in [0, 0.05) is 0 Å². The number of carbonyl (C=O) groups excluding carboxylic acids is 1. The highest BCUT2D eigenvalue weighted by atomic mass is 32.2. The minimum Gasteiger partial charge on any atom is -0.410 e. The maximum absolute atomic E-state index is 11.0. The third-order valence-electron chi connectivity index (χ3n) is 3.76. The summed E-state index contributed by atoms with van der Waals surface area (Å²) in [6.07, 6.45) is 1.49. The topological polar surface area (TPSA) is 72.6 Å². The Morgan fingerprint density at radius 2 is 2.10 bits per heavy atom. The van der Waals surface area contributed by atoms with Crippen molar-refractivity contribution in [1.82, 2.24) is 0 Å². The molecule has 0 aliphatic carbocycles. The zero-order chi connectivity index (χ0) is 15.5. The molecule has 3 N–H and O–H groups in total. The van der Waals surface area contributed by atoms with Gasteiger partial charge in [-0.15, -0.1) is 0 Å². The number of aliphatic hydroxyl groups is 1. The molecule has 0 spiro atoms. The van der Waals surface area contributed by atoms with Gasteiger partial charge in [-0.3, -0.25) is 0 Å². The number of hydrogen-bond acceptors (Lipinski definition) is 4. The molecule has 0 unspecified atom stereocenters. The number of carbonyl (C=O) groups is 1. The number of benzene rings is 1. The van der Waals surface area contributed by atoms with Crippen LogP contribution in [-0.2, 0) is 12.0 Å². The highest BCUT2D eigenvalue weighted by Crippen LogP contribution is 2.37. The first-order valence-electron chi connectivity index (χ1n) is 7.31. The molecule has 0 bridgehead atoms. The van der Waals surface area contributed by atoms with Crippen LogP contribution in [0.4, 0.5) is 4.79 Å². The first kappa shape index (κ1) is 16.2. The molecule has 1 saturated heterocycles. The van der Waals surface area contributed by atoms with Gasteiger partial charge in [0.05, 0.1) is 5.60 Å². The van der Waals surface area contributed by atoms with Gasteiger partial charge in [-0.1, -0.05) is 19.9 Å². The molecule has 1 aliphatic rings. The molecular weight excluding hydrogens is 286 g/mol. The minimum absolute atomic E-state index is 0.423. The van der Waals surface area contributed by atoms with E-state index in [9.17, 15) is 9.90 Å². The first-order chi connectivity index (χ1) is 9.90. The van der Waals surface area contributed by atoms with E-state index >= 15 is 0 Å². The molecule has 0 radical (unpaired) electrons. The average Bonchev–Trinajstić information content (AvgIpc) is 2.40. The fraction of sp³-hybridized carbons (Fsp3) is 0.562. The van der Waals surface area contributed by atoms with Crippen LogP contribution < -0.4 is 10.5 Å². The highest BCUT2D eigenvalue weighted by Gasteiger charge is 2.32. The molecule has 5 heteroatoms. The number of ether oxygens (including phenoxy) is 1. The average molecular weight is 309 g/mol. The Morgan fingerprint density at radius 3 is 2.67 bits per heavy atom. The summed E-state index contributed by atoms with van der Waals surface area (Å²) in [7, 11) is 0. The van der Waals surface area contributed by atoms with E-state index in [1.807, 2.05) is 23.9 Å². The molecule has 4 nitrogen and oxygen atoms in total. The van der Waals surface area contributed by atoms with Gasteiger partial charge in [0.2, 0.25) is 0 Å². The second-order valence-corrected chi connectivity index (χ2v) is 7.21. The van der Waals surface area contributed by atoms with Crippen LogP contribution in [0.2, 0.25) is 0 Å². The lowest BCUT2D eigenvalue weighted by atomic mass is 9.86. The molecular formula is C16H23NO3S. The lowest BCUT2D eigenvalue weighted by molar-refractivity contribution is 0.0280. The summed E-state index contributed by atoms with van der Waals surface area (Å²) in [6, 6.07) is 5.56. The molecule has 2 rings (SSSR count). The van der Waals surface area contributed by atoms with Crippen LogP contribution in [0.25, 0.3) is 0 Å². The monoisotopic (exact) mass is 309 g/mol. The van der Waals surface area contributed by atoms with Crippen molar-refractivity contribution in [2.45, 2.75) is 38.7 Å². The molecule has 1 fully saturated rings. The summed E-state index contributed by atoms with van der Waals surface area (Å²) >= 11 is 1.87. The Labute approximate surface area is 130 Å². The number of thioether (sulfide) groups is 1. The van der Waals surface area contributed by atoms with Crippen molar-refractivity contribution in [3.63, 3.8) is 0 Å². The van der Waals surface area contributed by atoms with E-state index in [1.54, 1.807) is 6.07 Å². The van der Waals surface area contributed by atoms with E-state index in [-0.39, 0.29) is 0 Å². The van der Waals surface area contributed by atoms with Crippen LogP contribution in [0.5, 0.6) is 5.75 Å². The summed E-state index contributed by atoms with van der Waals surface area (Å²) in [5.41, 5.74) is 6.19. The molecule has 1 aromatic rings. The minimum atomic E-state index is -0.805.